The summed E-state index contributed by atoms with van der Waals surface area (Å²) in [5.41, 5.74) is 0.419. The van der Waals surface area contributed by atoms with Gasteiger partial charge in [-0.25, -0.2) is 8.42 Å². The van der Waals surface area contributed by atoms with Crippen molar-refractivity contribution in [2.75, 3.05) is 26.0 Å². The number of rotatable bonds is 4. The van der Waals surface area contributed by atoms with Crippen molar-refractivity contribution in [2.45, 2.75) is 30.3 Å². The monoisotopic (exact) mass is 350 g/mol. The zero-order chi connectivity index (χ0) is 17.1. The Morgan fingerprint density at radius 3 is 2.38 bits per heavy atom. The third-order valence-electron chi connectivity index (χ3n) is 5.57. The Morgan fingerprint density at radius 1 is 1.25 bits per heavy atom. The van der Waals surface area contributed by atoms with Crippen LogP contribution in [0.3, 0.4) is 0 Å². The summed E-state index contributed by atoms with van der Waals surface area (Å²) in [4.78, 5) is 14.1. The van der Waals surface area contributed by atoms with Crippen molar-refractivity contribution in [1.29, 1.82) is 0 Å². The van der Waals surface area contributed by atoms with E-state index in [1.165, 1.54) is 10.6 Å². The van der Waals surface area contributed by atoms with E-state index in [2.05, 4.69) is 0 Å². The second-order valence-electron chi connectivity index (χ2n) is 7.27. The first-order valence-corrected chi connectivity index (χ1v) is 10.2. The van der Waals surface area contributed by atoms with Gasteiger partial charge < -0.3 is 10.0 Å². The number of amides is 1. The lowest BCUT2D eigenvalue weighted by Gasteiger charge is -2.69. The van der Waals surface area contributed by atoms with Crippen molar-refractivity contribution >= 4 is 15.9 Å². The maximum absolute atomic E-state index is 12.3. The second-order valence-corrected chi connectivity index (χ2v) is 9.13. The summed E-state index contributed by atoms with van der Waals surface area (Å²) in [6.45, 7) is 0.627. The average Bonchev–Trinajstić information content (AvgIpc) is 3.29. The molecule has 0 aromatic heterocycles. The third kappa shape index (κ3) is 2.22. The van der Waals surface area contributed by atoms with Crippen molar-refractivity contribution in [2.24, 2.45) is 5.92 Å². The van der Waals surface area contributed by atoms with Crippen LogP contribution < -0.4 is 0 Å². The molecule has 130 valence electrons. The molecule has 2 atom stereocenters. The van der Waals surface area contributed by atoms with Crippen LogP contribution in [0.25, 0.3) is 0 Å². The van der Waals surface area contributed by atoms with E-state index in [9.17, 15) is 18.3 Å². The molecule has 1 amide bonds. The van der Waals surface area contributed by atoms with Gasteiger partial charge >= 0.3 is 0 Å². The number of hydrogen-bond donors (Lipinski definition) is 1. The molecule has 2 aliphatic heterocycles. The van der Waals surface area contributed by atoms with Crippen LogP contribution in [0.1, 0.15) is 24.3 Å². The molecule has 0 unspecified atom stereocenters. The van der Waals surface area contributed by atoms with Crippen molar-refractivity contribution in [3.8, 4) is 0 Å². The molecule has 2 saturated heterocycles. The Morgan fingerprint density at radius 2 is 1.88 bits per heavy atom. The number of carbonyl (C=O) groups is 1. The Balaban J connectivity index is 1.66. The summed E-state index contributed by atoms with van der Waals surface area (Å²) < 4.78 is 26.0. The van der Waals surface area contributed by atoms with Gasteiger partial charge in [0.05, 0.1) is 24.4 Å². The fourth-order valence-corrected chi connectivity index (χ4v) is 6.09. The maximum atomic E-state index is 12.3. The van der Waals surface area contributed by atoms with E-state index >= 15 is 0 Å². The van der Waals surface area contributed by atoms with E-state index < -0.39 is 21.6 Å². The second kappa shape index (κ2) is 5.28. The minimum Gasteiger partial charge on any atom is -0.395 e. The van der Waals surface area contributed by atoms with E-state index in [-0.39, 0.29) is 24.3 Å². The Kier molecular flexibility index (Phi) is 3.53. The van der Waals surface area contributed by atoms with Crippen molar-refractivity contribution in [3.63, 3.8) is 0 Å². The first kappa shape index (κ1) is 16.1. The Labute approximate surface area is 142 Å². The summed E-state index contributed by atoms with van der Waals surface area (Å²) >= 11 is 0. The molecule has 6 nitrogen and oxygen atoms in total. The molecule has 1 N–H and O–H groups in total. The minimum atomic E-state index is -3.46. The maximum Gasteiger partial charge on any atom is 0.225 e. The predicted molar refractivity (Wildman–Crippen MR) is 88.8 cm³/mol. The number of nitrogens with zero attached hydrogens (tertiary/aromatic N) is 2. The van der Waals surface area contributed by atoms with Crippen molar-refractivity contribution in [3.05, 3.63) is 35.9 Å². The molecule has 1 spiro atoms. The highest BCUT2D eigenvalue weighted by Gasteiger charge is 2.69. The third-order valence-corrected chi connectivity index (χ3v) is 6.92. The molecule has 3 aliphatic rings. The number of sulfonamides is 1. The van der Waals surface area contributed by atoms with Gasteiger partial charge in [0.25, 0.3) is 0 Å². The molecule has 1 saturated carbocycles. The summed E-state index contributed by atoms with van der Waals surface area (Å²) in [5, 5.41) is 9.79. The number of aliphatic hydroxyl groups is 1. The summed E-state index contributed by atoms with van der Waals surface area (Å²) in [6.07, 6.45) is 3.07. The highest BCUT2D eigenvalue weighted by atomic mass is 32.2. The van der Waals surface area contributed by atoms with Gasteiger partial charge in [0.1, 0.15) is 0 Å². The van der Waals surface area contributed by atoms with Crippen LogP contribution in [-0.4, -0.2) is 66.2 Å². The molecule has 0 radical (unpaired) electrons. The normalized spacial score (nSPS) is 29.2. The standard InChI is InChI=1S/C17H22N2O4S/c1-24(22,23)19-14(9-20)15(12-5-3-2-4-6-12)17(19)10-18(11-17)16(21)13-7-8-13/h2-6,13-15,20H,7-11H2,1H3/t14-,15-/m1/s1. The molecule has 0 bridgehead atoms. The van der Waals surface area contributed by atoms with E-state index in [0.717, 1.165) is 18.4 Å². The van der Waals surface area contributed by atoms with Crippen LogP contribution >= 0.6 is 0 Å². The number of carbonyl (C=O) groups excluding carboxylic acids is 1. The van der Waals surface area contributed by atoms with Crippen LogP contribution in [0.15, 0.2) is 30.3 Å². The zero-order valence-electron chi connectivity index (χ0n) is 13.6. The van der Waals surface area contributed by atoms with Crippen LogP contribution in [0, 0.1) is 5.92 Å². The topological polar surface area (TPSA) is 77.9 Å². The number of likely N-dealkylation sites (tertiary alicyclic amines) is 1. The van der Waals surface area contributed by atoms with Crippen molar-refractivity contribution in [1.82, 2.24) is 9.21 Å². The Hall–Kier alpha value is -1.44. The minimum absolute atomic E-state index is 0.0818. The van der Waals surface area contributed by atoms with E-state index in [0.29, 0.717) is 13.1 Å². The van der Waals surface area contributed by atoms with Crippen LogP contribution in [-0.2, 0) is 14.8 Å². The summed E-state index contributed by atoms with van der Waals surface area (Å²) in [7, 11) is -3.46. The molecule has 24 heavy (non-hydrogen) atoms. The molecule has 1 aliphatic carbocycles. The van der Waals surface area contributed by atoms with Gasteiger partial charge in [-0.1, -0.05) is 30.3 Å². The number of hydrogen-bond acceptors (Lipinski definition) is 4. The van der Waals surface area contributed by atoms with Gasteiger partial charge in [-0.05, 0) is 18.4 Å². The van der Waals surface area contributed by atoms with E-state index in [4.69, 9.17) is 0 Å². The van der Waals surface area contributed by atoms with Crippen molar-refractivity contribution < 1.29 is 18.3 Å². The van der Waals surface area contributed by atoms with E-state index in [1.54, 1.807) is 4.90 Å². The first-order valence-electron chi connectivity index (χ1n) is 8.32. The highest BCUT2D eigenvalue weighted by molar-refractivity contribution is 7.88. The average molecular weight is 350 g/mol. The fraction of sp³-hybridized carbons (Fsp3) is 0.588. The van der Waals surface area contributed by atoms with Crippen LogP contribution in [0.4, 0.5) is 0 Å². The highest BCUT2D eigenvalue weighted by Crippen LogP contribution is 2.55. The lowest BCUT2D eigenvalue weighted by molar-refractivity contribution is -0.168. The molecule has 3 fully saturated rings. The zero-order valence-corrected chi connectivity index (χ0v) is 14.4. The molecule has 1 aromatic carbocycles. The summed E-state index contributed by atoms with van der Waals surface area (Å²) in [6, 6.07) is 9.25. The van der Waals surface area contributed by atoms with Gasteiger partial charge in [-0.2, -0.15) is 4.31 Å². The Bertz CT molecular complexity index is 754. The van der Waals surface area contributed by atoms with Crippen LogP contribution in [0.2, 0.25) is 0 Å². The van der Waals surface area contributed by atoms with Gasteiger partial charge in [0.15, 0.2) is 0 Å². The van der Waals surface area contributed by atoms with Gasteiger partial charge in [0, 0.05) is 24.9 Å². The van der Waals surface area contributed by atoms with E-state index in [1.807, 2.05) is 30.3 Å². The first-order chi connectivity index (χ1) is 11.4. The van der Waals surface area contributed by atoms with Crippen LogP contribution in [0.5, 0.6) is 0 Å². The number of aliphatic hydroxyl groups excluding tert-OH is 1. The quantitative estimate of drug-likeness (QED) is 0.853. The predicted octanol–water partition coefficient (Wildman–Crippen LogP) is 0.397. The molecule has 7 heteroatoms. The fourth-order valence-electron chi connectivity index (χ4n) is 4.52. The smallest absolute Gasteiger partial charge is 0.225 e. The van der Waals surface area contributed by atoms with Gasteiger partial charge in [-0.15, -0.1) is 0 Å². The molecule has 2 heterocycles. The summed E-state index contributed by atoms with van der Waals surface area (Å²) in [5.74, 6) is 0.202. The molecule has 1 aromatic rings. The molecular formula is C17H22N2O4S. The van der Waals surface area contributed by atoms with Gasteiger partial charge in [-0.3, -0.25) is 4.79 Å². The molecule has 4 rings (SSSR count). The lowest BCUT2D eigenvalue weighted by atomic mass is 9.63. The van der Waals surface area contributed by atoms with Gasteiger partial charge in [0.2, 0.25) is 15.9 Å². The lowest BCUT2D eigenvalue weighted by Crippen LogP contribution is -2.85. The molecular weight excluding hydrogens is 328 g/mol. The largest absolute Gasteiger partial charge is 0.395 e. The number of benzene rings is 1. The SMILES string of the molecule is CS(=O)(=O)N1[C@H](CO)[C@@H](c2ccccc2)C12CN(C(=O)C1CC1)C2.